The molecule has 2 fully saturated rings. The Balaban J connectivity index is 1.72. The zero-order valence-corrected chi connectivity index (χ0v) is 15.1. The number of rotatable bonds is 7. The first kappa shape index (κ1) is 18.7. The fourth-order valence-corrected chi connectivity index (χ4v) is 3.83. The second kappa shape index (κ2) is 9.00. The molecule has 0 atom stereocenters. The number of piperazine rings is 1. The van der Waals surface area contributed by atoms with Crippen LogP contribution in [0.15, 0.2) is 0 Å². The van der Waals surface area contributed by atoms with Crippen molar-refractivity contribution in [2.45, 2.75) is 58.5 Å². The Hall–Kier alpha value is -0.650. The molecular formula is C18H35N3O2. The molecule has 2 N–H and O–H groups in total. The summed E-state index contributed by atoms with van der Waals surface area (Å²) in [6, 6.07) is 0. The van der Waals surface area contributed by atoms with E-state index in [1.165, 1.54) is 19.3 Å². The quantitative estimate of drug-likeness (QED) is 0.776. The average Bonchev–Trinajstić information content (AvgIpc) is 2.56. The summed E-state index contributed by atoms with van der Waals surface area (Å²) >= 11 is 0. The summed E-state index contributed by atoms with van der Waals surface area (Å²) < 4.78 is 5.61. The number of nitrogens with zero attached hydrogens (tertiary/aromatic N) is 2. The van der Waals surface area contributed by atoms with E-state index in [4.69, 9.17) is 10.5 Å². The SMILES string of the molecule is CC(C)OCCN1CCN(C(=O)CC2(CN)CCCCC2)CC1. The number of carbonyl (C=O) groups is 1. The molecular weight excluding hydrogens is 290 g/mol. The molecule has 0 aromatic carbocycles. The van der Waals surface area contributed by atoms with E-state index in [2.05, 4.69) is 18.7 Å². The van der Waals surface area contributed by atoms with Gasteiger partial charge in [-0.1, -0.05) is 19.3 Å². The van der Waals surface area contributed by atoms with Gasteiger partial charge in [-0.15, -0.1) is 0 Å². The maximum absolute atomic E-state index is 12.7. The molecule has 1 amide bonds. The van der Waals surface area contributed by atoms with E-state index in [0.717, 1.165) is 52.2 Å². The van der Waals surface area contributed by atoms with Crippen molar-refractivity contribution in [2.75, 3.05) is 45.9 Å². The number of nitrogens with two attached hydrogens (primary N) is 1. The summed E-state index contributed by atoms with van der Waals surface area (Å²) in [6.45, 7) is 10.2. The highest BCUT2D eigenvalue weighted by Crippen LogP contribution is 2.38. The predicted molar refractivity (Wildman–Crippen MR) is 93.3 cm³/mol. The molecule has 23 heavy (non-hydrogen) atoms. The first-order chi connectivity index (χ1) is 11.0. The van der Waals surface area contributed by atoms with Gasteiger partial charge in [-0.2, -0.15) is 0 Å². The van der Waals surface area contributed by atoms with Crippen molar-refractivity contribution in [1.29, 1.82) is 0 Å². The molecule has 1 aliphatic carbocycles. The van der Waals surface area contributed by atoms with Gasteiger partial charge in [0, 0.05) is 39.1 Å². The van der Waals surface area contributed by atoms with Crippen molar-refractivity contribution >= 4 is 5.91 Å². The van der Waals surface area contributed by atoms with E-state index in [0.29, 0.717) is 25.0 Å². The molecule has 2 rings (SSSR count). The van der Waals surface area contributed by atoms with E-state index in [1.807, 2.05) is 4.90 Å². The van der Waals surface area contributed by atoms with E-state index < -0.39 is 0 Å². The summed E-state index contributed by atoms with van der Waals surface area (Å²) in [5, 5.41) is 0. The molecule has 0 spiro atoms. The van der Waals surface area contributed by atoms with Gasteiger partial charge in [0.1, 0.15) is 0 Å². The lowest BCUT2D eigenvalue weighted by Crippen LogP contribution is -2.51. The van der Waals surface area contributed by atoms with Crippen LogP contribution < -0.4 is 5.73 Å². The van der Waals surface area contributed by atoms with E-state index in [9.17, 15) is 4.79 Å². The standard InChI is InChI=1S/C18H35N3O2/c1-16(2)23-13-12-20-8-10-21(11-9-20)17(22)14-18(15-19)6-4-3-5-7-18/h16H,3-15,19H2,1-2H3. The molecule has 2 aliphatic rings. The van der Waals surface area contributed by atoms with E-state index in [-0.39, 0.29) is 5.41 Å². The van der Waals surface area contributed by atoms with Crippen LogP contribution in [-0.4, -0.2) is 67.7 Å². The van der Waals surface area contributed by atoms with Gasteiger partial charge in [0.2, 0.25) is 5.91 Å². The van der Waals surface area contributed by atoms with Gasteiger partial charge in [0.15, 0.2) is 0 Å². The lowest BCUT2D eigenvalue weighted by molar-refractivity contribution is -0.136. The van der Waals surface area contributed by atoms with Gasteiger partial charge < -0.3 is 15.4 Å². The zero-order valence-electron chi connectivity index (χ0n) is 15.1. The lowest BCUT2D eigenvalue weighted by atomic mass is 9.71. The third kappa shape index (κ3) is 5.73. The Morgan fingerprint density at radius 3 is 2.35 bits per heavy atom. The minimum absolute atomic E-state index is 0.0809. The molecule has 5 nitrogen and oxygen atoms in total. The molecule has 0 radical (unpaired) electrons. The smallest absolute Gasteiger partial charge is 0.223 e. The predicted octanol–water partition coefficient (Wildman–Crippen LogP) is 1.85. The normalized spacial score (nSPS) is 22.5. The molecule has 1 aliphatic heterocycles. The summed E-state index contributed by atoms with van der Waals surface area (Å²) in [4.78, 5) is 17.1. The van der Waals surface area contributed by atoms with Gasteiger partial charge in [-0.25, -0.2) is 0 Å². The van der Waals surface area contributed by atoms with E-state index in [1.54, 1.807) is 0 Å². The number of hydrogen-bond donors (Lipinski definition) is 1. The Bertz CT molecular complexity index is 359. The Labute approximate surface area is 141 Å². The Morgan fingerprint density at radius 2 is 1.78 bits per heavy atom. The first-order valence-electron chi connectivity index (χ1n) is 9.36. The van der Waals surface area contributed by atoms with Crippen LogP contribution in [0.2, 0.25) is 0 Å². The average molecular weight is 325 g/mol. The zero-order chi connectivity index (χ0) is 16.7. The summed E-state index contributed by atoms with van der Waals surface area (Å²) in [7, 11) is 0. The highest BCUT2D eigenvalue weighted by Gasteiger charge is 2.35. The van der Waals surface area contributed by atoms with Gasteiger partial charge >= 0.3 is 0 Å². The summed E-state index contributed by atoms with van der Waals surface area (Å²) in [6.07, 6.45) is 6.96. The van der Waals surface area contributed by atoms with E-state index >= 15 is 0 Å². The minimum atomic E-state index is 0.0809. The highest BCUT2D eigenvalue weighted by atomic mass is 16.5. The van der Waals surface area contributed by atoms with Crippen LogP contribution in [0, 0.1) is 5.41 Å². The third-order valence-corrected chi connectivity index (χ3v) is 5.46. The summed E-state index contributed by atoms with van der Waals surface area (Å²) in [5.74, 6) is 0.315. The second-order valence-electron chi connectivity index (χ2n) is 7.58. The van der Waals surface area contributed by atoms with Crippen LogP contribution in [0.4, 0.5) is 0 Å². The van der Waals surface area contributed by atoms with Crippen molar-refractivity contribution in [3.63, 3.8) is 0 Å². The van der Waals surface area contributed by atoms with Crippen molar-refractivity contribution in [1.82, 2.24) is 9.80 Å². The molecule has 5 heteroatoms. The lowest BCUT2D eigenvalue weighted by Gasteiger charge is -2.39. The maximum Gasteiger partial charge on any atom is 0.223 e. The number of carbonyl (C=O) groups excluding carboxylic acids is 1. The highest BCUT2D eigenvalue weighted by molar-refractivity contribution is 5.77. The third-order valence-electron chi connectivity index (χ3n) is 5.46. The molecule has 1 saturated heterocycles. The molecule has 0 aromatic heterocycles. The number of amides is 1. The monoisotopic (exact) mass is 325 g/mol. The van der Waals surface area contributed by atoms with Gasteiger partial charge in [-0.3, -0.25) is 9.69 Å². The van der Waals surface area contributed by atoms with Gasteiger partial charge in [-0.05, 0) is 38.6 Å². The largest absolute Gasteiger partial charge is 0.377 e. The van der Waals surface area contributed by atoms with Gasteiger partial charge in [0.25, 0.3) is 0 Å². The second-order valence-corrected chi connectivity index (χ2v) is 7.58. The topological polar surface area (TPSA) is 58.8 Å². The fourth-order valence-electron chi connectivity index (χ4n) is 3.83. The van der Waals surface area contributed by atoms with Crippen LogP contribution in [-0.2, 0) is 9.53 Å². The van der Waals surface area contributed by atoms with Crippen molar-refractivity contribution in [3.8, 4) is 0 Å². The fraction of sp³-hybridized carbons (Fsp3) is 0.944. The minimum Gasteiger partial charge on any atom is -0.377 e. The molecule has 0 bridgehead atoms. The molecule has 0 unspecified atom stereocenters. The first-order valence-corrected chi connectivity index (χ1v) is 9.36. The Morgan fingerprint density at radius 1 is 1.13 bits per heavy atom. The Kier molecular flexibility index (Phi) is 7.31. The van der Waals surface area contributed by atoms with Crippen LogP contribution >= 0.6 is 0 Å². The van der Waals surface area contributed by atoms with Crippen LogP contribution in [0.5, 0.6) is 0 Å². The van der Waals surface area contributed by atoms with Crippen LogP contribution in [0.1, 0.15) is 52.4 Å². The van der Waals surface area contributed by atoms with Crippen LogP contribution in [0.3, 0.4) is 0 Å². The molecule has 134 valence electrons. The van der Waals surface area contributed by atoms with Gasteiger partial charge in [0.05, 0.1) is 12.7 Å². The molecule has 1 heterocycles. The number of hydrogen-bond acceptors (Lipinski definition) is 4. The molecule has 1 saturated carbocycles. The van der Waals surface area contributed by atoms with Crippen molar-refractivity contribution in [3.05, 3.63) is 0 Å². The van der Waals surface area contributed by atoms with Crippen molar-refractivity contribution in [2.24, 2.45) is 11.1 Å². The summed E-state index contributed by atoms with van der Waals surface area (Å²) in [5.41, 5.74) is 6.11. The maximum atomic E-state index is 12.7. The van der Waals surface area contributed by atoms with Crippen LogP contribution in [0.25, 0.3) is 0 Å². The number of ether oxygens (including phenoxy) is 1. The molecule has 0 aromatic rings. The van der Waals surface area contributed by atoms with Crippen molar-refractivity contribution < 1.29 is 9.53 Å².